The molecule has 2 aliphatic heterocycles. The lowest BCUT2D eigenvalue weighted by atomic mass is 9.83. The number of carbonyl (C=O) groups is 2. The standard InChI is InChI=1S/C35H51N3O5/c1-5-6-20-37(21-10-9-19-36(2)3)33(39)25-38-24-29(27-16-17-32-28(23-27)18-22-43-32)34(35(40)41)30(38)14-11-13-26-12-7-8-15-31(26)42-4/h7-8,12,15-17,23,29-30,34H,5-6,9-11,13-14,18-22,24-25H2,1-4H3,(H,40,41)/t29-,30+,34?/m1/s1. The smallest absolute Gasteiger partial charge is 0.308 e. The average Bonchev–Trinajstić information content (AvgIpc) is 3.61. The zero-order valence-corrected chi connectivity index (χ0v) is 26.6. The molecule has 0 radical (unpaired) electrons. The van der Waals surface area contributed by atoms with Crippen LogP contribution in [0.5, 0.6) is 11.5 Å². The Kier molecular flexibility index (Phi) is 12.3. The number of aryl methyl sites for hydroxylation is 1. The van der Waals surface area contributed by atoms with Gasteiger partial charge in [-0.05, 0) is 88.0 Å². The van der Waals surface area contributed by atoms with Crippen molar-refractivity contribution in [2.45, 2.75) is 70.3 Å². The Hall–Kier alpha value is -3.10. The van der Waals surface area contributed by atoms with Gasteiger partial charge in [0.05, 0.1) is 26.2 Å². The number of aliphatic carboxylic acids is 1. The molecule has 1 amide bonds. The first-order valence-electron chi connectivity index (χ1n) is 16.1. The first-order chi connectivity index (χ1) is 20.8. The number of carbonyl (C=O) groups excluding carboxylic acids is 1. The van der Waals surface area contributed by atoms with Crippen molar-refractivity contribution in [1.82, 2.24) is 14.7 Å². The van der Waals surface area contributed by atoms with Gasteiger partial charge in [-0.2, -0.15) is 0 Å². The number of carboxylic acids is 1. The van der Waals surface area contributed by atoms with Gasteiger partial charge in [-0.15, -0.1) is 0 Å². The summed E-state index contributed by atoms with van der Waals surface area (Å²) in [5.41, 5.74) is 3.30. The lowest BCUT2D eigenvalue weighted by molar-refractivity contribution is -0.143. The molecule has 2 heterocycles. The summed E-state index contributed by atoms with van der Waals surface area (Å²) >= 11 is 0. The Bertz CT molecular complexity index is 1200. The van der Waals surface area contributed by atoms with E-state index in [4.69, 9.17) is 9.47 Å². The van der Waals surface area contributed by atoms with Crippen molar-refractivity contribution in [2.75, 3.05) is 60.5 Å². The van der Waals surface area contributed by atoms with Crippen LogP contribution in [-0.4, -0.2) is 98.3 Å². The topological polar surface area (TPSA) is 82.5 Å². The Morgan fingerprint density at radius 3 is 2.56 bits per heavy atom. The Balaban J connectivity index is 1.54. The van der Waals surface area contributed by atoms with Crippen molar-refractivity contribution < 1.29 is 24.2 Å². The van der Waals surface area contributed by atoms with Crippen molar-refractivity contribution in [3.05, 3.63) is 59.2 Å². The molecule has 1 unspecified atom stereocenters. The molecule has 1 fully saturated rings. The third kappa shape index (κ3) is 8.73. The van der Waals surface area contributed by atoms with Gasteiger partial charge >= 0.3 is 5.97 Å². The predicted molar refractivity (Wildman–Crippen MR) is 170 cm³/mol. The molecule has 236 valence electrons. The highest BCUT2D eigenvalue weighted by Crippen LogP contribution is 2.41. The summed E-state index contributed by atoms with van der Waals surface area (Å²) < 4.78 is 11.3. The second-order valence-electron chi connectivity index (χ2n) is 12.4. The number of para-hydroxylation sites is 1. The summed E-state index contributed by atoms with van der Waals surface area (Å²) in [5, 5.41) is 10.6. The molecular weight excluding hydrogens is 542 g/mol. The molecule has 0 aromatic heterocycles. The van der Waals surface area contributed by atoms with Gasteiger partial charge in [0.2, 0.25) is 5.91 Å². The maximum Gasteiger partial charge on any atom is 0.308 e. The van der Waals surface area contributed by atoms with Crippen LogP contribution < -0.4 is 9.47 Å². The summed E-state index contributed by atoms with van der Waals surface area (Å²) in [6.45, 7) is 6.13. The van der Waals surface area contributed by atoms with Gasteiger partial charge in [-0.1, -0.05) is 43.7 Å². The summed E-state index contributed by atoms with van der Waals surface area (Å²) in [4.78, 5) is 33.1. The molecule has 2 aliphatic rings. The monoisotopic (exact) mass is 593 g/mol. The SMILES string of the molecule is CCCCN(CCCCN(C)C)C(=O)CN1C[C@H](c2ccc3c(c2)CCO3)C(C(=O)O)[C@@H]1CCCc1ccccc1OC. The third-order valence-electron chi connectivity index (χ3n) is 9.07. The largest absolute Gasteiger partial charge is 0.496 e. The Morgan fingerprint density at radius 1 is 1.05 bits per heavy atom. The lowest BCUT2D eigenvalue weighted by Crippen LogP contribution is -2.44. The van der Waals surface area contributed by atoms with Gasteiger partial charge < -0.3 is 24.4 Å². The minimum absolute atomic E-state index is 0.111. The van der Waals surface area contributed by atoms with Crippen LogP contribution in [0.15, 0.2) is 42.5 Å². The summed E-state index contributed by atoms with van der Waals surface area (Å²) in [6, 6.07) is 13.9. The zero-order valence-electron chi connectivity index (χ0n) is 26.6. The van der Waals surface area contributed by atoms with Crippen LogP contribution >= 0.6 is 0 Å². The fraction of sp³-hybridized carbons (Fsp3) is 0.600. The van der Waals surface area contributed by atoms with Gasteiger partial charge in [0, 0.05) is 38.0 Å². The minimum atomic E-state index is -0.787. The number of rotatable bonds is 17. The van der Waals surface area contributed by atoms with Gasteiger partial charge in [0.15, 0.2) is 0 Å². The second-order valence-corrected chi connectivity index (χ2v) is 12.4. The summed E-state index contributed by atoms with van der Waals surface area (Å²) in [6.07, 6.45) is 7.17. The molecule has 0 spiro atoms. The number of unbranched alkanes of at least 4 members (excludes halogenated alkanes) is 2. The third-order valence-corrected chi connectivity index (χ3v) is 9.07. The van der Waals surface area contributed by atoms with E-state index in [9.17, 15) is 14.7 Å². The van der Waals surface area contributed by atoms with E-state index in [1.165, 1.54) is 0 Å². The lowest BCUT2D eigenvalue weighted by Gasteiger charge is -2.30. The Morgan fingerprint density at radius 2 is 1.81 bits per heavy atom. The molecule has 0 saturated carbocycles. The highest BCUT2D eigenvalue weighted by molar-refractivity contribution is 5.79. The van der Waals surface area contributed by atoms with Crippen LogP contribution in [0.4, 0.5) is 0 Å². The van der Waals surface area contributed by atoms with E-state index in [2.05, 4.69) is 43.0 Å². The van der Waals surface area contributed by atoms with Crippen molar-refractivity contribution in [2.24, 2.45) is 5.92 Å². The molecule has 0 bridgehead atoms. The van der Waals surface area contributed by atoms with E-state index in [0.29, 0.717) is 19.6 Å². The normalized spacial score (nSPS) is 19.8. The molecule has 1 saturated heterocycles. The number of ether oxygens (including phenoxy) is 2. The predicted octanol–water partition coefficient (Wildman–Crippen LogP) is 5.09. The first-order valence-corrected chi connectivity index (χ1v) is 16.1. The van der Waals surface area contributed by atoms with Crippen LogP contribution in [0.3, 0.4) is 0 Å². The van der Waals surface area contributed by atoms with E-state index in [1.807, 2.05) is 35.2 Å². The van der Waals surface area contributed by atoms with E-state index in [-0.39, 0.29) is 24.4 Å². The molecule has 0 aliphatic carbocycles. The quantitative estimate of drug-likeness (QED) is 0.256. The zero-order chi connectivity index (χ0) is 30.8. The average molecular weight is 594 g/mol. The molecule has 3 atom stereocenters. The first kappa shape index (κ1) is 32.8. The number of fused-ring (bicyclic) bond motifs is 1. The molecular formula is C35H51N3O5. The van der Waals surface area contributed by atoms with E-state index >= 15 is 0 Å². The number of carboxylic acid groups (broad SMARTS) is 1. The number of hydrogen-bond acceptors (Lipinski definition) is 6. The van der Waals surface area contributed by atoms with E-state index < -0.39 is 11.9 Å². The van der Waals surface area contributed by atoms with Crippen molar-refractivity contribution in [1.29, 1.82) is 0 Å². The minimum Gasteiger partial charge on any atom is -0.496 e. The maximum atomic E-state index is 13.8. The van der Waals surface area contributed by atoms with Gasteiger partial charge in [-0.3, -0.25) is 14.5 Å². The van der Waals surface area contributed by atoms with Gasteiger partial charge in [0.1, 0.15) is 11.5 Å². The molecule has 8 nitrogen and oxygen atoms in total. The van der Waals surface area contributed by atoms with Gasteiger partial charge in [-0.25, -0.2) is 0 Å². The van der Waals surface area contributed by atoms with Crippen molar-refractivity contribution in [3.8, 4) is 11.5 Å². The molecule has 8 heteroatoms. The summed E-state index contributed by atoms with van der Waals surface area (Å²) in [5.74, 6) is 0.307. The fourth-order valence-electron chi connectivity index (χ4n) is 6.75. The second kappa shape index (κ2) is 16.1. The highest BCUT2D eigenvalue weighted by atomic mass is 16.5. The number of likely N-dealkylation sites (tertiary alicyclic amines) is 1. The molecule has 1 N–H and O–H groups in total. The Labute approximate surface area is 257 Å². The molecule has 43 heavy (non-hydrogen) atoms. The van der Waals surface area contributed by atoms with E-state index in [1.54, 1.807) is 7.11 Å². The maximum absolute atomic E-state index is 13.8. The number of amides is 1. The molecule has 4 rings (SSSR count). The van der Waals surface area contributed by atoms with Crippen molar-refractivity contribution in [3.63, 3.8) is 0 Å². The molecule has 2 aromatic rings. The van der Waals surface area contributed by atoms with Crippen LogP contribution in [0.25, 0.3) is 0 Å². The summed E-state index contributed by atoms with van der Waals surface area (Å²) in [7, 11) is 5.83. The number of methoxy groups -OCH3 is 1. The van der Waals surface area contributed by atoms with Crippen LogP contribution in [-0.2, 0) is 22.4 Å². The number of hydrogen-bond donors (Lipinski definition) is 1. The molecule has 2 aromatic carbocycles. The van der Waals surface area contributed by atoms with Crippen LogP contribution in [0.2, 0.25) is 0 Å². The number of nitrogens with zero attached hydrogens (tertiary/aromatic N) is 3. The van der Waals surface area contributed by atoms with Crippen LogP contribution in [0.1, 0.15) is 68.1 Å². The van der Waals surface area contributed by atoms with E-state index in [0.717, 1.165) is 92.8 Å². The van der Waals surface area contributed by atoms with Crippen LogP contribution in [0, 0.1) is 5.92 Å². The number of benzene rings is 2. The van der Waals surface area contributed by atoms with Crippen molar-refractivity contribution >= 4 is 11.9 Å². The fourth-order valence-corrected chi connectivity index (χ4v) is 6.75. The highest BCUT2D eigenvalue weighted by Gasteiger charge is 2.47. The van der Waals surface area contributed by atoms with Gasteiger partial charge in [0.25, 0.3) is 0 Å².